The maximum atomic E-state index is 12.0. The molecule has 0 aromatic heterocycles. The molecule has 15 heteroatoms. The number of hydrogen-bond acceptors (Lipinski definition) is 10. The van der Waals surface area contributed by atoms with Crippen LogP contribution >= 0.6 is 0 Å². The van der Waals surface area contributed by atoms with Crippen molar-refractivity contribution < 1.29 is 55.9 Å². The Kier molecular flexibility index (Phi) is 22.8. The summed E-state index contributed by atoms with van der Waals surface area (Å²) in [4.78, 5) is 39.1. The average Bonchev–Trinajstić information content (AvgIpc) is 3.43. The number of guanidine groups is 2. The van der Waals surface area contributed by atoms with Crippen LogP contribution in [0.1, 0.15) is 158 Å². The fraction of sp³-hybridized carbons (Fsp3) is 0.538. The molecular formula is C65H92CoN8O6+2. The smallest absolute Gasteiger partial charge is 0.414 e. The van der Waals surface area contributed by atoms with E-state index in [1.807, 2.05) is 12.4 Å². The number of carbonyl (C=O) groups is 2. The molecule has 0 bridgehead atoms. The van der Waals surface area contributed by atoms with E-state index >= 15 is 0 Å². The Hall–Kier alpha value is -6.19. The molecule has 4 aromatic carbocycles. The van der Waals surface area contributed by atoms with Crippen molar-refractivity contribution in [3.8, 4) is 11.5 Å². The van der Waals surface area contributed by atoms with Gasteiger partial charge in [0.15, 0.2) is 0 Å². The summed E-state index contributed by atoms with van der Waals surface area (Å²) in [6.45, 7) is 26.2. The monoisotopic (exact) mass is 1140 g/mol. The first-order chi connectivity index (χ1) is 37.4. The summed E-state index contributed by atoms with van der Waals surface area (Å²) < 4.78 is 5.21. The van der Waals surface area contributed by atoms with Gasteiger partial charge in [0.1, 0.15) is 11.5 Å². The van der Waals surface area contributed by atoms with Crippen LogP contribution in [0.3, 0.4) is 0 Å². The molecule has 1 aliphatic carbocycles. The van der Waals surface area contributed by atoms with Crippen LogP contribution in [0.25, 0.3) is 0 Å². The number of aliphatic carboxylic acids is 2. The van der Waals surface area contributed by atoms with Crippen molar-refractivity contribution in [2.75, 3.05) is 65.4 Å². The molecular weight excluding hydrogens is 1050 g/mol. The van der Waals surface area contributed by atoms with Crippen LogP contribution in [0.5, 0.6) is 11.5 Å². The topological polar surface area (TPSA) is 159 Å². The van der Waals surface area contributed by atoms with Crippen molar-refractivity contribution in [2.45, 2.75) is 162 Å². The van der Waals surface area contributed by atoms with Gasteiger partial charge >= 0.3 is 23.9 Å². The second kappa shape index (κ2) is 29.0. The van der Waals surface area contributed by atoms with Gasteiger partial charge in [0, 0.05) is 66.0 Å². The Morgan fingerprint density at radius 2 is 0.900 bits per heavy atom. The fourth-order valence-electron chi connectivity index (χ4n) is 12.0. The number of rotatable bonds is 16. The number of benzene rings is 4. The van der Waals surface area contributed by atoms with Crippen LogP contribution in [0.2, 0.25) is 0 Å². The average molecular weight is 1140 g/mol. The number of aryl methyl sites for hydroxylation is 2. The van der Waals surface area contributed by atoms with Crippen LogP contribution in [-0.2, 0) is 63.1 Å². The Morgan fingerprint density at radius 1 is 0.550 bits per heavy atom. The summed E-state index contributed by atoms with van der Waals surface area (Å²) >= 11 is 0. The van der Waals surface area contributed by atoms with Gasteiger partial charge in [-0.15, -0.1) is 0 Å². The maximum absolute atomic E-state index is 12.0. The molecule has 14 nitrogen and oxygen atoms in total. The van der Waals surface area contributed by atoms with Gasteiger partial charge in [0.25, 0.3) is 0 Å². The van der Waals surface area contributed by atoms with Crippen molar-refractivity contribution in [3.05, 3.63) is 129 Å². The molecule has 0 amide bonds. The van der Waals surface area contributed by atoms with E-state index < -0.39 is 11.9 Å². The predicted octanol–water partition coefficient (Wildman–Crippen LogP) is 10.2. The largest absolute Gasteiger partial charge is 0.507 e. The first kappa shape index (κ1) is 63.0. The fourth-order valence-corrected chi connectivity index (χ4v) is 12.0. The third-order valence-electron chi connectivity index (χ3n) is 16.2. The minimum atomic E-state index is -1.82. The van der Waals surface area contributed by atoms with E-state index in [4.69, 9.17) is 29.8 Å². The number of carboxylic acids is 2. The Labute approximate surface area is 487 Å². The molecule has 4 heterocycles. The van der Waals surface area contributed by atoms with Crippen molar-refractivity contribution in [1.82, 2.24) is 19.6 Å². The summed E-state index contributed by atoms with van der Waals surface area (Å²) in [7, 11) is 0. The first-order valence-electron chi connectivity index (χ1n) is 29.0. The van der Waals surface area contributed by atoms with E-state index in [1.54, 1.807) is 0 Å². The molecule has 0 spiro atoms. The second-order valence-electron chi connectivity index (χ2n) is 24.2. The first-order valence-corrected chi connectivity index (χ1v) is 29.0. The number of hydrogen-bond donors (Lipinski definition) is 4. The molecule has 4 aromatic rings. The molecule has 9 rings (SSSR count). The molecule has 0 saturated heterocycles. The number of phenols is 2. The zero-order chi connectivity index (χ0) is 55.4. The number of carboxylic acid groups (broad SMARTS) is 2. The minimum Gasteiger partial charge on any atom is -0.507 e. The van der Waals surface area contributed by atoms with Crippen molar-refractivity contribution in [3.63, 3.8) is 0 Å². The number of nitrogens with zero attached hydrogens (tertiary/aromatic N) is 8. The molecule has 4 aliphatic heterocycles. The quantitative estimate of drug-likeness (QED) is 0.0484. The maximum Gasteiger partial charge on any atom is 0.414 e. The molecule has 2 unspecified atom stereocenters. The van der Waals surface area contributed by atoms with Crippen LogP contribution < -0.4 is 0 Å². The molecule has 4 N–H and O–H groups in total. The van der Waals surface area contributed by atoms with E-state index in [9.17, 15) is 10.2 Å². The summed E-state index contributed by atoms with van der Waals surface area (Å²) in [5.74, 6) is -0.150. The molecule has 1 fully saturated rings. The van der Waals surface area contributed by atoms with E-state index in [-0.39, 0.29) is 47.1 Å². The summed E-state index contributed by atoms with van der Waals surface area (Å²) in [6, 6.07) is 30.5. The zero-order valence-electron chi connectivity index (χ0n) is 47.9. The Morgan fingerprint density at radius 3 is 1.24 bits per heavy atom. The van der Waals surface area contributed by atoms with Crippen LogP contribution in [0.4, 0.5) is 0 Å². The summed E-state index contributed by atoms with van der Waals surface area (Å²) in [6.07, 6.45) is 16.3. The van der Waals surface area contributed by atoms with Gasteiger partial charge in [-0.2, -0.15) is 0 Å². The zero-order valence-corrected chi connectivity index (χ0v) is 48.9. The van der Waals surface area contributed by atoms with Gasteiger partial charge in [0.05, 0.1) is 90.6 Å². The molecule has 80 heavy (non-hydrogen) atoms. The van der Waals surface area contributed by atoms with Gasteiger partial charge in [0.2, 0.25) is 0 Å². The minimum absolute atomic E-state index is 0. The number of aliphatic imine (C=N–C) groups is 2. The van der Waals surface area contributed by atoms with Gasteiger partial charge in [-0.1, -0.05) is 135 Å². The SMILES string of the molecule is C.CC(C)(C)c1cc(C=NC2CCCCC2N=Cc2cc(C(C)(C)C)cc(CCCN3CCC[N+]4=C3N(Cc3ccccc3)CCC4)c2O)c(O)c(CCCN2CCC[N+]3=C2N(Cc2ccccc2)CCC3)c1.O=C(O)C(=O)O.[Co]. The van der Waals surface area contributed by atoms with E-state index in [0.29, 0.717) is 11.5 Å². The van der Waals surface area contributed by atoms with Crippen LogP contribution in [0.15, 0.2) is 94.9 Å². The summed E-state index contributed by atoms with van der Waals surface area (Å²) in [5, 5.41) is 38.7. The molecule has 2 atom stereocenters. The van der Waals surface area contributed by atoms with E-state index in [0.717, 1.165) is 152 Å². The molecule has 1 radical (unpaired) electrons. The Balaban J connectivity index is 0.00000122. The third-order valence-corrected chi connectivity index (χ3v) is 16.2. The number of aromatic hydroxyl groups is 2. The molecule has 5 aliphatic rings. The predicted molar refractivity (Wildman–Crippen MR) is 319 cm³/mol. The van der Waals surface area contributed by atoms with Crippen molar-refractivity contribution >= 4 is 36.3 Å². The van der Waals surface area contributed by atoms with Gasteiger partial charge in [-0.3, -0.25) is 38.7 Å². The second-order valence-corrected chi connectivity index (χ2v) is 24.2. The van der Waals surface area contributed by atoms with Crippen molar-refractivity contribution in [2.24, 2.45) is 9.98 Å². The standard InChI is InChI=1S/C62H84N8O2.C2H2O4.CH4.Co/c1-61(2,3)53-39-49(25-15-29-65-31-17-33-67-35-19-37-69(59(65)67)45-47-21-9-7-10-22-47)57(71)51(41-53)43-63-55-27-13-14-28-56(55)64-44-52-42-54(62(4,5)6)40-50(58(52)72)26-16-30-66-32-18-34-68-36-20-38-70(60(66)68)46-48-23-11-8-12-24-48;3-1(4)2(5)6;;/h7-12,21-24,39-44,55-56H,13-20,25-38,45-46H2,1-6H3;(H,3,4)(H,5,6);1H4;/p+2. The van der Waals surface area contributed by atoms with Crippen LogP contribution in [0, 0.1) is 0 Å². The summed E-state index contributed by atoms with van der Waals surface area (Å²) in [5.41, 5.74) is 8.60. The molecule has 1 saturated carbocycles. The van der Waals surface area contributed by atoms with Crippen LogP contribution in [-0.4, -0.2) is 163 Å². The van der Waals surface area contributed by atoms with E-state index in [1.165, 1.54) is 59.9 Å². The normalized spacial score (nSPS) is 18.8. The van der Waals surface area contributed by atoms with Gasteiger partial charge < -0.3 is 20.4 Å². The number of phenolic OH excluding ortho intramolecular Hbond substituents is 2. The van der Waals surface area contributed by atoms with Gasteiger partial charge in [-0.25, -0.2) is 9.59 Å². The van der Waals surface area contributed by atoms with Gasteiger partial charge in [-0.05, 0) is 94.9 Å². The third kappa shape index (κ3) is 16.7. The van der Waals surface area contributed by atoms with Crippen molar-refractivity contribution in [1.29, 1.82) is 0 Å². The van der Waals surface area contributed by atoms with E-state index in [2.05, 4.69) is 155 Å². The Bertz CT molecular complexity index is 2620. The molecule has 435 valence electrons.